The first kappa shape index (κ1) is 13.1. The molecule has 0 bridgehead atoms. The van der Waals surface area contributed by atoms with Crippen LogP contribution in [-0.4, -0.2) is 29.6 Å². The van der Waals surface area contributed by atoms with Crippen LogP contribution in [0.4, 0.5) is 0 Å². The predicted molar refractivity (Wildman–Crippen MR) is 77.3 cm³/mol. The molecule has 3 rings (SSSR count). The zero-order valence-electron chi connectivity index (χ0n) is 11.6. The SMILES string of the molecule is COc1ccn2c(=O)cc(CC3CCCNC3)nc2c1. The van der Waals surface area contributed by atoms with Gasteiger partial charge in [-0.05, 0) is 44.3 Å². The summed E-state index contributed by atoms with van der Waals surface area (Å²) in [4.78, 5) is 16.7. The maximum Gasteiger partial charge on any atom is 0.258 e. The van der Waals surface area contributed by atoms with E-state index in [1.54, 1.807) is 35.9 Å². The average Bonchev–Trinajstić information content (AvgIpc) is 2.47. The van der Waals surface area contributed by atoms with E-state index in [2.05, 4.69) is 10.3 Å². The van der Waals surface area contributed by atoms with E-state index in [4.69, 9.17) is 4.74 Å². The average molecular weight is 273 g/mol. The van der Waals surface area contributed by atoms with Crippen molar-refractivity contribution >= 4 is 5.65 Å². The van der Waals surface area contributed by atoms with Crippen molar-refractivity contribution in [1.82, 2.24) is 14.7 Å². The van der Waals surface area contributed by atoms with E-state index in [0.717, 1.165) is 25.2 Å². The molecule has 0 aromatic carbocycles. The smallest absolute Gasteiger partial charge is 0.258 e. The van der Waals surface area contributed by atoms with Gasteiger partial charge in [0, 0.05) is 24.0 Å². The van der Waals surface area contributed by atoms with E-state index in [1.807, 2.05) is 0 Å². The molecule has 1 unspecified atom stereocenters. The van der Waals surface area contributed by atoms with E-state index < -0.39 is 0 Å². The summed E-state index contributed by atoms with van der Waals surface area (Å²) in [7, 11) is 1.61. The van der Waals surface area contributed by atoms with Crippen molar-refractivity contribution < 1.29 is 4.74 Å². The first-order chi connectivity index (χ1) is 9.76. The lowest BCUT2D eigenvalue weighted by molar-refractivity contribution is 0.373. The lowest BCUT2D eigenvalue weighted by atomic mass is 9.94. The zero-order chi connectivity index (χ0) is 13.9. The van der Waals surface area contributed by atoms with Gasteiger partial charge in [-0.3, -0.25) is 9.20 Å². The fourth-order valence-electron chi connectivity index (χ4n) is 2.76. The molecule has 1 aliphatic rings. The summed E-state index contributed by atoms with van der Waals surface area (Å²) >= 11 is 0. The van der Waals surface area contributed by atoms with E-state index in [0.29, 0.717) is 17.3 Å². The number of nitrogens with one attached hydrogen (secondary N) is 1. The third-order valence-corrected chi connectivity index (χ3v) is 3.82. The van der Waals surface area contributed by atoms with E-state index >= 15 is 0 Å². The van der Waals surface area contributed by atoms with Crippen molar-refractivity contribution in [3.8, 4) is 5.75 Å². The zero-order valence-corrected chi connectivity index (χ0v) is 11.6. The van der Waals surface area contributed by atoms with Crippen molar-refractivity contribution in [2.24, 2.45) is 5.92 Å². The molecule has 1 aliphatic heterocycles. The minimum Gasteiger partial charge on any atom is -0.497 e. The van der Waals surface area contributed by atoms with Crippen LogP contribution >= 0.6 is 0 Å². The van der Waals surface area contributed by atoms with Gasteiger partial charge in [0.15, 0.2) is 0 Å². The van der Waals surface area contributed by atoms with E-state index in [9.17, 15) is 4.79 Å². The Bertz CT molecular complexity index is 660. The van der Waals surface area contributed by atoms with Crippen LogP contribution in [0, 0.1) is 5.92 Å². The van der Waals surface area contributed by atoms with Gasteiger partial charge >= 0.3 is 0 Å². The lowest BCUT2D eigenvalue weighted by Crippen LogP contribution is -2.31. The Morgan fingerprint density at radius 3 is 3.15 bits per heavy atom. The van der Waals surface area contributed by atoms with Crippen molar-refractivity contribution in [2.45, 2.75) is 19.3 Å². The van der Waals surface area contributed by atoms with E-state index in [-0.39, 0.29) is 5.56 Å². The summed E-state index contributed by atoms with van der Waals surface area (Å²) in [5, 5.41) is 3.39. The Hall–Kier alpha value is -1.88. The second kappa shape index (κ2) is 5.63. The third-order valence-electron chi connectivity index (χ3n) is 3.82. The lowest BCUT2D eigenvalue weighted by Gasteiger charge is -2.22. The van der Waals surface area contributed by atoms with Crippen molar-refractivity contribution in [3.05, 3.63) is 40.4 Å². The molecule has 20 heavy (non-hydrogen) atoms. The summed E-state index contributed by atoms with van der Waals surface area (Å²) < 4.78 is 6.73. The third kappa shape index (κ3) is 2.67. The number of hydrogen-bond acceptors (Lipinski definition) is 4. The maximum atomic E-state index is 12.1. The van der Waals surface area contributed by atoms with Gasteiger partial charge in [-0.1, -0.05) is 0 Å². The molecule has 3 heterocycles. The number of methoxy groups -OCH3 is 1. The maximum absolute atomic E-state index is 12.1. The topological polar surface area (TPSA) is 55.6 Å². The minimum absolute atomic E-state index is 0.0311. The van der Waals surface area contributed by atoms with Crippen LogP contribution < -0.4 is 15.6 Å². The largest absolute Gasteiger partial charge is 0.497 e. The number of rotatable bonds is 3. The fraction of sp³-hybridized carbons (Fsp3) is 0.467. The first-order valence-electron chi connectivity index (χ1n) is 7.03. The summed E-state index contributed by atoms with van der Waals surface area (Å²) in [5.74, 6) is 1.29. The van der Waals surface area contributed by atoms with Gasteiger partial charge in [0.25, 0.3) is 5.56 Å². The monoisotopic (exact) mass is 273 g/mol. The summed E-state index contributed by atoms with van der Waals surface area (Å²) in [6, 6.07) is 5.21. The fourth-order valence-corrected chi connectivity index (χ4v) is 2.76. The number of ether oxygens (including phenoxy) is 1. The first-order valence-corrected chi connectivity index (χ1v) is 7.03. The summed E-state index contributed by atoms with van der Waals surface area (Å²) in [6.07, 6.45) is 4.96. The van der Waals surface area contributed by atoms with Crippen LogP contribution in [0.2, 0.25) is 0 Å². The van der Waals surface area contributed by atoms with E-state index in [1.165, 1.54) is 12.8 Å². The number of fused-ring (bicyclic) bond motifs is 1. The highest BCUT2D eigenvalue weighted by molar-refractivity contribution is 5.44. The Balaban J connectivity index is 1.93. The number of hydrogen-bond donors (Lipinski definition) is 1. The van der Waals surface area contributed by atoms with Gasteiger partial charge in [-0.2, -0.15) is 0 Å². The molecular weight excluding hydrogens is 254 g/mol. The van der Waals surface area contributed by atoms with Gasteiger partial charge in [-0.15, -0.1) is 0 Å². The minimum atomic E-state index is -0.0311. The molecular formula is C15H19N3O2. The molecule has 1 saturated heterocycles. The Labute approximate surface area is 117 Å². The molecule has 0 radical (unpaired) electrons. The molecule has 0 spiro atoms. The van der Waals surface area contributed by atoms with Gasteiger partial charge in [-0.25, -0.2) is 4.98 Å². The van der Waals surface area contributed by atoms with Crippen LogP contribution in [0.25, 0.3) is 5.65 Å². The predicted octanol–water partition coefficient (Wildman–Crippen LogP) is 1.25. The highest BCUT2D eigenvalue weighted by atomic mass is 16.5. The van der Waals surface area contributed by atoms with Crippen molar-refractivity contribution in [1.29, 1.82) is 0 Å². The summed E-state index contributed by atoms with van der Waals surface area (Å²) in [6.45, 7) is 2.11. The highest BCUT2D eigenvalue weighted by Gasteiger charge is 2.15. The Kier molecular flexibility index (Phi) is 3.69. The molecule has 0 aliphatic carbocycles. The second-order valence-electron chi connectivity index (χ2n) is 5.30. The van der Waals surface area contributed by atoms with Crippen molar-refractivity contribution in [2.75, 3.05) is 20.2 Å². The molecule has 1 N–H and O–H groups in total. The standard InChI is InChI=1S/C15H19N3O2/c1-20-13-4-6-18-14(9-13)17-12(8-15(18)19)7-11-3-2-5-16-10-11/h4,6,8-9,11,16H,2-3,5,7,10H2,1H3. The van der Waals surface area contributed by atoms with Crippen molar-refractivity contribution in [3.63, 3.8) is 0 Å². The number of nitrogens with zero attached hydrogens (tertiary/aromatic N) is 2. The highest BCUT2D eigenvalue weighted by Crippen LogP contribution is 2.16. The quantitative estimate of drug-likeness (QED) is 0.914. The molecule has 5 nitrogen and oxygen atoms in total. The number of pyridine rings is 1. The van der Waals surface area contributed by atoms with Gasteiger partial charge < -0.3 is 10.1 Å². The number of piperidine rings is 1. The molecule has 106 valence electrons. The number of aromatic nitrogens is 2. The van der Waals surface area contributed by atoms with Gasteiger partial charge in [0.1, 0.15) is 11.4 Å². The molecule has 5 heteroatoms. The molecule has 2 aromatic rings. The molecule has 1 fully saturated rings. The molecule has 1 atom stereocenters. The van der Waals surface area contributed by atoms with Crippen LogP contribution in [0.1, 0.15) is 18.5 Å². The summed E-state index contributed by atoms with van der Waals surface area (Å²) in [5.41, 5.74) is 1.49. The van der Waals surface area contributed by atoms with Gasteiger partial charge in [0.2, 0.25) is 0 Å². The normalized spacial score (nSPS) is 19.1. The van der Waals surface area contributed by atoms with Crippen LogP contribution in [0.15, 0.2) is 29.2 Å². The Morgan fingerprint density at radius 2 is 2.40 bits per heavy atom. The van der Waals surface area contributed by atoms with Gasteiger partial charge in [0.05, 0.1) is 7.11 Å². The molecule has 0 saturated carbocycles. The van der Waals surface area contributed by atoms with Crippen LogP contribution in [0.5, 0.6) is 5.75 Å². The Morgan fingerprint density at radius 1 is 1.50 bits per heavy atom. The molecule has 0 amide bonds. The second-order valence-corrected chi connectivity index (χ2v) is 5.30. The van der Waals surface area contributed by atoms with Crippen LogP contribution in [-0.2, 0) is 6.42 Å². The van der Waals surface area contributed by atoms with Crippen LogP contribution in [0.3, 0.4) is 0 Å². The molecule has 2 aromatic heterocycles.